The van der Waals surface area contributed by atoms with Crippen LogP contribution in [0, 0.1) is 22.7 Å². The lowest BCUT2D eigenvalue weighted by molar-refractivity contribution is -0.137. The normalized spacial score (nSPS) is 12.6. The van der Waals surface area contributed by atoms with E-state index in [1.54, 1.807) is 6.07 Å². The molecule has 0 aliphatic rings. The first-order chi connectivity index (χ1) is 14.4. The van der Waals surface area contributed by atoms with Crippen LogP contribution in [0.2, 0.25) is 0 Å². The molecular weight excluding hydrogens is 426 g/mol. The quantitative estimate of drug-likeness (QED) is 0.399. The Morgan fingerprint density at radius 1 is 1.13 bits per heavy atom. The Balaban J connectivity index is 3.52. The number of unbranched alkanes of at least 4 members (excludes halogenated alkanes) is 1. The monoisotopic (exact) mass is 448 g/mol. The highest BCUT2D eigenvalue weighted by atomic mass is 19.4. The highest BCUT2D eigenvalue weighted by Crippen LogP contribution is 2.36. The molecule has 0 saturated carbocycles. The molecule has 1 atom stereocenters. The number of rotatable bonds is 9. The number of carbonyl (C=O) groups is 1. The highest BCUT2D eigenvalue weighted by molar-refractivity contribution is 5.85. The third-order valence-electron chi connectivity index (χ3n) is 4.51. The van der Waals surface area contributed by atoms with E-state index in [4.69, 9.17) is 10.5 Å². The van der Waals surface area contributed by atoms with E-state index in [1.165, 1.54) is 13.0 Å². The van der Waals surface area contributed by atoms with E-state index < -0.39 is 47.7 Å². The van der Waals surface area contributed by atoms with E-state index in [0.717, 1.165) is 17.0 Å². The molecule has 1 aromatic carbocycles. The predicted octanol–water partition coefficient (Wildman–Crippen LogP) is 4.88. The summed E-state index contributed by atoms with van der Waals surface area (Å²) in [6.45, 7) is 1.38. The van der Waals surface area contributed by atoms with Gasteiger partial charge >= 0.3 is 12.4 Å². The molecule has 1 aromatic rings. The molecule has 11 heteroatoms. The fourth-order valence-corrected chi connectivity index (χ4v) is 3.06. The smallest absolute Gasteiger partial charge is 0.350 e. The minimum absolute atomic E-state index is 0.135. The molecule has 1 unspecified atom stereocenters. The van der Waals surface area contributed by atoms with Crippen molar-refractivity contribution in [2.45, 2.75) is 51.5 Å². The number of nitriles is 2. The maximum Gasteiger partial charge on any atom is 0.417 e. The van der Waals surface area contributed by atoms with Crippen LogP contribution >= 0.6 is 0 Å². The lowest BCUT2D eigenvalue weighted by atomic mass is 10.0. The molecule has 170 valence electrons. The number of alkyl halides is 6. The zero-order chi connectivity index (χ0) is 23.8. The van der Waals surface area contributed by atoms with E-state index in [1.807, 2.05) is 6.92 Å². The molecule has 0 saturated heterocycles. The van der Waals surface area contributed by atoms with Gasteiger partial charge in [0.15, 0.2) is 0 Å². The van der Waals surface area contributed by atoms with Gasteiger partial charge in [0.25, 0.3) is 0 Å². The molecule has 0 aliphatic heterocycles. The van der Waals surface area contributed by atoms with Crippen molar-refractivity contribution in [1.29, 1.82) is 10.5 Å². The van der Waals surface area contributed by atoms with E-state index in [-0.39, 0.29) is 19.5 Å². The first kappa shape index (κ1) is 26.1. The fraction of sp³-hybridized carbons (Fsp3) is 0.550. The van der Waals surface area contributed by atoms with Crippen LogP contribution < -0.4 is 4.90 Å². The van der Waals surface area contributed by atoms with Gasteiger partial charge in [0.1, 0.15) is 19.1 Å². The van der Waals surface area contributed by atoms with Gasteiger partial charge in [-0.3, -0.25) is 4.79 Å². The van der Waals surface area contributed by atoms with Crippen LogP contribution in [0.15, 0.2) is 18.2 Å². The van der Waals surface area contributed by atoms with Crippen molar-refractivity contribution in [3.05, 3.63) is 29.3 Å². The van der Waals surface area contributed by atoms with Gasteiger partial charge in [-0.2, -0.15) is 36.9 Å². The molecule has 0 N–H and O–H groups in total. The number of amides is 1. The summed E-state index contributed by atoms with van der Waals surface area (Å²) in [6.07, 6.45) is -8.74. The van der Waals surface area contributed by atoms with E-state index >= 15 is 0 Å². The van der Waals surface area contributed by atoms with E-state index in [0.29, 0.717) is 23.8 Å². The number of carbonyl (C=O) groups excluding carboxylic acids is 1. The van der Waals surface area contributed by atoms with Crippen molar-refractivity contribution in [1.82, 2.24) is 4.90 Å². The van der Waals surface area contributed by atoms with Gasteiger partial charge in [0.05, 0.1) is 23.3 Å². The zero-order valence-electron chi connectivity index (χ0n) is 17.0. The summed E-state index contributed by atoms with van der Waals surface area (Å²) in [4.78, 5) is 14.6. The molecule has 0 heterocycles. The lowest BCUT2D eigenvalue weighted by Gasteiger charge is -2.36. The number of halogens is 6. The van der Waals surface area contributed by atoms with Crippen LogP contribution in [0.5, 0.6) is 0 Å². The van der Waals surface area contributed by atoms with Crippen LogP contribution in [-0.2, 0) is 11.0 Å². The molecule has 1 rings (SSSR count). The summed E-state index contributed by atoms with van der Waals surface area (Å²) in [5.41, 5.74) is -2.62. The number of nitrogens with zero attached hydrogens (tertiary/aromatic N) is 4. The summed E-state index contributed by atoms with van der Waals surface area (Å²) in [6, 6.07) is 3.89. The van der Waals surface area contributed by atoms with Gasteiger partial charge in [-0.15, -0.1) is 0 Å². The van der Waals surface area contributed by atoms with Crippen molar-refractivity contribution >= 4 is 11.6 Å². The van der Waals surface area contributed by atoms with E-state index in [2.05, 4.69) is 0 Å². The fourth-order valence-electron chi connectivity index (χ4n) is 3.06. The number of hydrogen-bond acceptors (Lipinski definition) is 4. The molecule has 0 bridgehead atoms. The zero-order valence-corrected chi connectivity index (χ0v) is 17.0. The van der Waals surface area contributed by atoms with Gasteiger partial charge in [-0.1, -0.05) is 20.3 Å². The molecule has 0 fully saturated rings. The van der Waals surface area contributed by atoms with Crippen molar-refractivity contribution in [2.75, 3.05) is 24.5 Å². The second-order valence-electron chi connectivity index (χ2n) is 6.78. The maximum absolute atomic E-state index is 13.3. The third kappa shape index (κ3) is 7.35. The largest absolute Gasteiger partial charge is 0.417 e. The summed E-state index contributed by atoms with van der Waals surface area (Å²) in [5, 5.41) is 17.9. The average molecular weight is 448 g/mol. The summed E-state index contributed by atoms with van der Waals surface area (Å²) in [7, 11) is 0. The van der Waals surface area contributed by atoms with Crippen molar-refractivity contribution < 1.29 is 31.1 Å². The van der Waals surface area contributed by atoms with E-state index in [9.17, 15) is 31.1 Å². The van der Waals surface area contributed by atoms with Gasteiger partial charge in [-0.25, -0.2) is 0 Å². The minimum Gasteiger partial charge on any atom is -0.350 e. The second-order valence-corrected chi connectivity index (χ2v) is 6.78. The van der Waals surface area contributed by atoms with Crippen molar-refractivity contribution in [2.24, 2.45) is 0 Å². The first-order valence-electron chi connectivity index (χ1n) is 9.50. The third-order valence-corrected chi connectivity index (χ3v) is 4.51. The molecule has 5 nitrogen and oxygen atoms in total. The minimum atomic E-state index is -4.97. The summed E-state index contributed by atoms with van der Waals surface area (Å²) < 4.78 is 79.8. The van der Waals surface area contributed by atoms with Crippen molar-refractivity contribution in [3.8, 4) is 12.1 Å². The molecule has 1 amide bonds. The van der Waals surface area contributed by atoms with Crippen molar-refractivity contribution in [3.63, 3.8) is 0 Å². The Morgan fingerprint density at radius 2 is 1.77 bits per heavy atom. The molecule has 31 heavy (non-hydrogen) atoms. The predicted molar refractivity (Wildman–Crippen MR) is 101 cm³/mol. The lowest BCUT2D eigenvalue weighted by Crippen LogP contribution is -2.51. The van der Waals surface area contributed by atoms with Gasteiger partial charge < -0.3 is 9.80 Å². The molecule has 0 aromatic heterocycles. The highest BCUT2D eigenvalue weighted by Gasteiger charge is 2.39. The Kier molecular flexibility index (Phi) is 9.17. The average Bonchev–Trinajstić information content (AvgIpc) is 2.68. The standard InChI is InChI=1S/C20H22F6N4O/c1-3-5-9-29(10-8-27)18(31)17(4-2)30(13-19(21,22)23)15-7-6-14(12-28)16(11-15)20(24,25)26/h6-7,11,17H,3-5,9-10,13H2,1-2H3. The van der Waals surface area contributed by atoms with Gasteiger partial charge in [0.2, 0.25) is 5.91 Å². The van der Waals surface area contributed by atoms with Crippen LogP contribution in [0.1, 0.15) is 44.2 Å². The molecule has 0 aliphatic carbocycles. The Labute approximate surface area is 176 Å². The van der Waals surface area contributed by atoms with Gasteiger partial charge in [0, 0.05) is 12.2 Å². The molecule has 0 radical (unpaired) electrons. The molecular formula is C20H22F6N4O. The summed E-state index contributed by atoms with van der Waals surface area (Å²) in [5.74, 6) is -0.778. The van der Waals surface area contributed by atoms with Crippen LogP contribution in [0.25, 0.3) is 0 Å². The Bertz CT molecular complexity index is 838. The number of benzene rings is 1. The first-order valence-corrected chi connectivity index (χ1v) is 9.50. The number of anilines is 1. The topological polar surface area (TPSA) is 71.1 Å². The Morgan fingerprint density at radius 3 is 2.23 bits per heavy atom. The SMILES string of the molecule is CCCCN(CC#N)C(=O)C(CC)N(CC(F)(F)F)c1ccc(C#N)c(C(F)(F)F)c1. The van der Waals surface area contributed by atoms with Crippen LogP contribution in [0.4, 0.5) is 32.0 Å². The maximum atomic E-state index is 13.3. The second kappa shape index (κ2) is 10.9. The Hall–Kier alpha value is -2.95. The summed E-state index contributed by atoms with van der Waals surface area (Å²) >= 11 is 0. The van der Waals surface area contributed by atoms with Crippen LogP contribution in [-0.4, -0.2) is 42.7 Å². The van der Waals surface area contributed by atoms with Gasteiger partial charge in [-0.05, 0) is 31.0 Å². The molecule has 0 spiro atoms. The van der Waals surface area contributed by atoms with Crippen LogP contribution in [0.3, 0.4) is 0 Å². The number of hydrogen-bond donors (Lipinski definition) is 0.